The fraction of sp³-hybridized carbons (Fsp3) is 0.409. The van der Waals surface area contributed by atoms with Gasteiger partial charge in [0.2, 0.25) is 0 Å². The molecule has 57 heavy (non-hydrogen) atoms. The molecule has 4 aromatic carbocycles. The number of aliphatic hydroxyl groups excluding tert-OH is 2. The lowest BCUT2D eigenvalue weighted by molar-refractivity contribution is 0.0591. The van der Waals surface area contributed by atoms with Crippen molar-refractivity contribution in [3.63, 3.8) is 0 Å². The van der Waals surface area contributed by atoms with Crippen molar-refractivity contribution in [3.05, 3.63) is 119 Å². The summed E-state index contributed by atoms with van der Waals surface area (Å²) in [5.41, 5.74) is 4.75. The van der Waals surface area contributed by atoms with E-state index >= 15 is 0 Å². The van der Waals surface area contributed by atoms with Gasteiger partial charge in [0.15, 0.2) is 11.2 Å². The molecule has 0 amide bonds. The van der Waals surface area contributed by atoms with Crippen LogP contribution in [-0.2, 0) is 18.0 Å². The molecule has 2 N–H and O–H groups in total. The number of benzene rings is 4. The van der Waals surface area contributed by atoms with Crippen LogP contribution in [0.25, 0.3) is 21.9 Å². The second-order valence-electron chi connectivity index (χ2n) is 15.3. The van der Waals surface area contributed by atoms with Crippen molar-refractivity contribution in [2.45, 2.75) is 62.9 Å². The van der Waals surface area contributed by atoms with Gasteiger partial charge in [-0.25, -0.2) is 8.78 Å². The first-order valence-corrected chi connectivity index (χ1v) is 19.7. The van der Waals surface area contributed by atoms with Crippen LogP contribution in [0.15, 0.2) is 94.0 Å². The third-order valence-electron chi connectivity index (χ3n) is 11.1. The molecule has 2 fully saturated rings. The first kappa shape index (κ1) is 38.9. The summed E-state index contributed by atoms with van der Waals surface area (Å²) in [5, 5.41) is 31.5. The molecular weight excluding hydrogens is 735 g/mol. The Bertz CT molecular complexity index is 2040. The van der Waals surface area contributed by atoms with E-state index in [-0.39, 0.29) is 36.7 Å². The summed E-state index contributed by atoms with van der Waals surface area (Å²) in [5.74, 6) is 1.20. The van der Waals surface area contributed by atoms with Crippen molar-refractivity contribution in [3.8, 4) is 11.5 Å². The van der Waals surface area contributed by atoms with E-state index in [2.05, 4.69) is 20.1 Å². The van der Waals surface area contributed by atoms with Crippen LogP contribution in [-0.4, -0.2) is 95.0 Å². The Balaban J connectivity index is 0.686. The maximum absolute atomic E-state index is 13.5. The topological polar surface area (TPSA) is 127 Å². The second kappa shape index (κ2) is 18.1. The highest BCUT2D eigenvalue weighted by Crippen LogP contribution is 2.34. The molecule has 0 aliphatic carbocycles. The Hall–Kier alpha value is -4.92. The summed E-state index contributed by atoms with van der Waals surface area (Å²) in [6.45, 7) is 5.63. The monoisotopic (exact) mass is 782 g/mol. The van der Waals surface area contributed by atoms with Gasteiger partial charge in [-0.3, -0.25) is 0 Å². The van der Waals surface area contributed by atoms with Crippen molar-refractivity contribution in [2.24, 2.45) is 0 Å². The van der Waals surface area contributed by atoms with Gasteiger partial charge in [-0.2, -0.15) is 0 Å². The number of rotatable bonds is 16. The largest absolute Gasteiger partial charge is 0.491 e. The summed E-state index contributed by atoms with van der Waals surface area (Å²) in [6, 6.07) is 24.5. The second-order valence-corrected chi connectivity index (χ2v) is 15.3. The van der Waals surface area contributed by atoms with Gasteiger partial charge < -0.3 is 43.3 Å². The number of aliphatic hydroxyl groups is 2. The Morgan fingerprint density at radius 1 is 0.596 bits per heavy atom. The molecule has 8 rings (SSSR count). The molecule has 11 nitrogen and oxygen atoms in total. The van der Waals surface area contributed by atoms with Crippen LogP contribution in [0.1, 0.15) is 60.0 Å². The highest BCUT2D eigenvalue weighted by Gasteiger charge is 2.28. The zero-order valence-corrected chi connectivity index (χ0v) is 31.8. The van der Waals surface area contributed by atoms with Crippen LogP contribution in [0.4, 0.5) is 8.78 Å². The fourth-order valence-electron chi connectivity index (χ4n) is 7.97. The molecule has 2 atom stereocenters. The Morgan fingerprint density at radius 3 is 1.40 bits per heavy atom. The minimum atomic E-state index is -0.625. The zero-order valence-electron chi connectivity index (χ0n) is 31.8. The number of aromatic nitrogens is 2. The normalized spacial score (nSPS) is 17.3. The lowest BCUT2D eigenvalue weighted by Gasteiger charge is -2.32. The number of piperidine rings is 2. The van der Waals surface area contributed by atoms with Crippen LogP contribution in [0.5, 0.6) is 11.5 Å². The molecule has 4 heterocycles. The molecule has 13 heteroatoms. The van der Waals surface area contributed by atoms with Crippen LogP contribution < -0.4 is 9.47 Å². The molecule has 300 valence electrons. The number of likely N-dealkylation sites (tertiary alicyclic amines) is 2. The van der Waals surface area contributed by atoms with Crippen molar-refractivity contribution < 1.29 is 42.3 Å². The predicted octanol–water partition coefficient (Wildman–Crippen LogP) is 7.20. The molecule has 2 saturated heterocycles. The molecule has 6 aromatic rings. The van der Waals surface area contributed by atoms with E-state index in [0.29, 0.717) is 49.0 Å². The smallest absolute Gasteiger partial charge is 0.170 e. The average Bonchev–Trinajstić information content (AvgIpc) is 3.85. The predicted molar refractivity (Wildman–Crippen MR) is 209 cm³/mol. The van der Waals surface area contributed by atoms with E-state index in [1.54, 1.807) is 12.1 Å². The van der Waals surface area contributed by atoms with Crippen LogP contribution in [0.3, 0.4) is 0 Å². The molecule has 2 aliphatic heterocycles. The molecule has 2 unspecified atom stereocenters. The molecule has 0 spiro atoms. The SMILES string of the molecule is OC(COc1ccc(COCc2ccc(OCC(O)CN3CCC(c4noc5cc(F)ccc45)CC3)cc2)cc1)CN1CCC(c2noc3cc(F)ccc23)CC1. The highest BCUT2D eigenvalue weighted by atomic mass is 19.1. The van der Waals surface area contributed by atoms with E-state index in [1.807, 2.05) is 48.5 Å². The molecular formula is C44H48F2N4O7. The van der Waals surface area contributed by atoms with Gasteiger partial charge in [0, 0.05) is 47.8 Å². The van der Waals surface area contributed by atoms with Crippen LogP contribution in [0, 0.1) is 11.6 Å². The summed E-state index contributed by atoms with van der Waals surface area (Å²) in [6.07, 6.45) is 2.31. The number of halogens is 2. The number of β-amino-alcohol motifs (C(OH)–C–C–N with tert-alkyl or cyclic N) is 2. The zero-order chi connectivity index (χ0) is 39.1. The average molecular weight is 783 g/mol. The quantitative estimate of drug-likeness (QED) is 0.104. The first-order valence-electron chi connectivity index (χ1n) is 19.7. The van der Waals surface area contributed by atoms with Gasteiger partial charge in [0.1, 0.15) is 48.6 Å². The molecule has 2 aromatic heterocycles. The van der Waals surface area contributed by atoms with Crippen molar-refractivity contribution in [1.29, 1.82) is 0 Å². The van der Waals surface area contributed by atoms with E-state index in [1.165, 1.54) is 24.3 Å². The van der Waals surface area contributed by atoms with Crippen LogP contribution >= 0.6 is 0 Å². The summed E-state index contributed by atoms with van der Waals surface area (Å²) < 4.78 is 55.5. The van der Waals surface area contributed by atoms with Gasteiger partial charge in [0.05, 0.1) is 24.6 Å². The molecule has 0 bridgehead atoms. The van der Waals surface area contributed by atoms with E-state index in [0.717, 1.165) is 85.1 Å². The van der Waals surface area contributed by atoms with Crippen molar-refractivity contribution in [2.75, 3.05) is 52.5 Å². The summed E-state index contributed by atoms with van der Waals surface area (Å²) in [4.78, 5) is 4.47. The van der Waals surface area contributed by atoms with Gasteiger partial charge in [-0.05, 0) is 112 Å². The molecule has 2 aliphatic rings. The van der Waals surface area contributed by atoms with E-state index < -0.39 is 12.2 Å². The minimum absolute atomic E-state index is 0.196. The van der Waals surface area contributed by atoms with Crippen molar-refractivity contribution in [1.82, 2.24) is 20.1 Å². The third kappa shape index (κ3) is 9.97. The van der Waals surface area contributed by atoms with Gasteiger partial charge in [-0.15, -0.1) is 0 Å². The third-order valence-corrected chi connectivity index (χ3v) is 11.1. The first-order chi connectivity index (χ1) is 27.8. The number of ether oxygens (including phenoxy) is 3. The van der Waals surface area contributed by atoms with Gasteiger partial charge in [0.25, 0.3) is 0 Å². The highest BCUT2D eigenvalue weighted by molar-refractivity contribution is 5.80. The standard InChI is InChI=1S/C44H48F2N4O7/c45-33-5-11-39-41(21-33)56-47-43(39)31-13-17-49(18-14-31)23-35(51)27-54-37-7-1-29(2-8-37)25-53-26-30-3-9-38(10-4-30)55-28-36(52)24-50-19-15-32(16-20-50)44-40-12-6-34(46)22-42(40)57-48-44/h1-12,21-22,31-32,35-36,51-52H,13-20,23-28H2. The number of fused-ring (bicyclic) bond motifs is 2. The number of nitrogens with zero attached hydrogens (tertiary/aromatic N) is 4. The summed E-state index contributed by atoms with van der Waals surface area (Å²) >= 11 is 0. The molecule has 0 radical (unpaired) electrons. The number of hydrogen-bond acceptors (Lipinski definition) is 11. The van der Waals surface area contributed by atoms with E-state index in [9.17, 15) is 19.0 Å². The Labute approximate surface area is 329 Å². The van der Waals surface area contributed by atoms with E-state index in [4.69, 9.17) is 23.3 Å². The Kier molecular flexibility index (Phi) is 12.4. The van der Waals surface area contributed by atoms with Crippen LogP contribution in [0.2, 0.25) is 0 Å². The minimum Gasteiger partial charge on any atom is -0.491 e. The van der Waals surface area contributed by atoms with Gasteiger partial charge >= 0.3 is 0 Å². The summed E-state index contributed by atoms with van der Waals surface area (Å²) in [7, 11) is 0. The van der Waals surface area contributed by atoms with Crippen molar-refractivity contribution >= 4 is 21.9 Å². The lowest BCUT2D eigenvalue weighted by Crippen LogP contribution is -2.40. The maximum atomic E-state index is 13.5. The van der Waals surface area contributed by atoms with Gasteiger partial charge in [-0.1, -0.05) is 34.6 Å². The fourth-order valence-corrected chi connectivity index (χ4v) is 7.97. The lowest BCUT2D eigenvalue weighted by atomic mass is 9.91. The number of hydrogen-bond donors (Lipinski definition) is 2. The Morgan fingerprint density at radius 2 is 1.00 bits per heavy atom. The molecule has 0 saturated carbocycles. The maximum Gasteiger partial charge on any atom is 0.170 e.